The van der Waals surface area contributed by atoms with Gasteiger partial charge in [0.15, 0.2) is 29.7 Å². The maximum atomic E-state index is 14.2. The van der Waals surface area contributed by atoms with Crippen molar-refractivity contribution in [1.29, 1.82) is 0 Å². The highest BCUT2D eigenvalue weighted by Gasteiger charge is 2.49. The Morgan fingerprint density at radius 3 is 1.98 bits per heavy atom. The fraction of sp³-hybridized carbons (Fsp3) is 0.390. The Morgan fingerprint density at radius 2 is 1.40 bits per heavy atom. The van der Waals surface area contributed by atoms with E-state index in [0.717, 1.165) is 40.9 Å². The predicted molar refractivity (Wildman–Crippen MR) is 188 cm³/mol. The summed E-state index contributed by atoms with van der Waals surface area (Å²) in [6, 6.07) is 23.5. The normalized spacial score (nSPS) is 18.8. The summed E-state index contributed by atoms with van der Waals surface area (Å²) in [5.41, 5.74) is 6.78. The summed E-state index contributed by atoms with van der Waals surface area (Å²) in [5.74, 6) is 0.274. The van der Waals surface area contributed by atoms with Gasteiger partial charge in [0.05, 0.1) is 6.61 Å². The van der Waals surface area contributed by atoms with Gasteiger partial charge in [0.25, 0.3) is 5.91 Å². The third kappa shape index (κ3) is 6.96. The first kappa shape index (κ1) is 33.3. The molecule has 0 atom stereocenters. The van der Waals surface area contributed by atoms with Crippen LogP contribution in [0.2, 0.25) is 0 Å². The Labute approximate surface area is 284 Å². The van der Waals surface area contributed by atoms with Crippen LogP contribution in [0.4, 0.5) is 5.69 Å². The van der Waals surface area contributed by atoms with Crippen LogP contribution in [0.25, 0.3) is 0 Å². The molecule has 6 rings (SSSR count). The number of benzene rings is 3. The Morgan fingerprint density at radius 1 is 0.792 bits per heavy atom. The molecular weight excluding hydrogens is 600 g/mol. The van der Waals surface area contributed by atoms with Crippen LogP contribution in [0, 0.1) is 17.8 Å². The van der Waals surface area contributed by atoms with E-state index in [-0.39, 0.29) is 34.9 Å². The molecule has 0 bridgehead atoms. The molecule has 3 aliphatic rings. The SMILES string of the molecule is CCOc1cc(C2C3=C(CC(C)(C)CC3=O)N(Cc3ccccc3)C3=C2C(=O)CC(C)(C)C3)ccc1OCC(=O)Nc1ccc(C)cc1. The summed E-state index contributed by atoms with van der Waals surface area (Å²) in [6.45, 7) is 13.3. The maximum Gasteiger partial charge on any atom is 0.262 e. The monoisotopic (exact) mass is 646 g/mol. The molecule has 0 saturated heterocycles. The molecular formula is C41H46N2O5. The van der Waals surface area contributed by atoms with Gasteiger partial charge in [-0.3, -0.25) is 14.4 Å². The fourth-order valence-electron chi connectivity index (χ4n) is 7.41. The molecule has 1 aliphatic heterocycles. The van der Waals surface area contributed by atoms with Gasteiger partial charge in [-0.1, -0.05) is 81.8 Å². The second-order valence-electron chi connectivity index (χ2n) is 14.9. The van der Waals surface area contributed by atoms with Crippen LogP contribution >= 0.6 is 0 Å². The highest BCUT2D eigenvalue weighted by molar-refractivity contribution is 6.07. The molecule has 1 amide bonds. The number of nitrogens with zero attached hydrogens (tertiary/aromatic N) is 1. The summed E-state index contributed by atoms with van der Waals surface area (Å²) in [5, 5.41) is 2.86. The zero-order valence-electron chi connectivity index (χ0n) is 28.9. The van der Waals surface area contributed by atoms with Crippen molar-refractivity contribution in [3.8, 4) is 11.5 Å². The van der Waals surface area contributed by atoms with Gasteiger partial charge in [-0.25, -0.2) is 0 Å². The molecule has 0 saturated carbocycles. The number of ether oxygens (including phenoxy) is 2. The lowest BCUT2D eigenvalue weighted by Gasteiger charge is -2.49. The van der Waals surface area contributed by atoms with Crippen molar-refractivity contribution >= 4 is 23.2 Å². The molecule has 0 unspecified atom stereocenters. The molecule has 1 N–H and O–H groups in total. The standard InChI is InChI=1S/C41H46N2O5/c1-7-47-35-19-28(15-18-34(35)48-25-36(46)42-29-16-13-26(2)14-17-29)37-38-30(20-40(3,4)22-32(38)44)43(24-27-11-9-8-10-12-27)31-21-41(5,6)23-33(45)39(31)37/h8-19,37H,7,20-25H2,1-6H3,(H,42,46). The molecule has 0 radical (unpaired) electrons. The summed E-state index contributed by atoms with van der Waals surface area (Å²) in [7, 11) is 0. The average Bonchev–Trinajstić information content (AvgIpc) is 3.02. The maximum absolute atomic E-state index is 14.2. The number of anilines is 1. The number of hydrogen-bond donors (Lipinski definition) is 1. The summed E-state index contributed by atoms with van der Waals surface area (Å²) < 4.78 is 12.0. The number of aryl methyl sites for hydroxylation is 1. The Kier molecular flexibility index (Phi) is 9.08. The number of rotatable bonds is 9. The van der Waals surface area contributed by atoms with Gasteiger partial charge in [0, 0.05) is 53.5 Å². The molecule has 0 aromatic heterocycles. The van der Waals surface area contributed by atoms with Crippen molar-refractivity contribution in [2.24, 2.45) is 10.8 Å². The first-order valence-corrected chi connectivity index (χ1v) is 16.9. The van der Waals surface area contributed by atoms with Crippen molar-refractivity contribution in [2.75, 3.05) is 18.5 Å². The topological polar surface area (TPSA) is 84.9 Å². The van der Waals surface area contributed by atoms with Crippen LogP contribution in [-0.2, 0) is 20.9 Å². The lowest BCUT2D eigenvalue weighted by Crippen LogP contribution is -2.44. The Balaban J connectivity index is 1.40. The van der Waals surface area contributed by atoms with E-state index in [2.05, 4.69) is 50.0 Å². The molecule has 7 heteroatoms. The third-order valence-corrected chi connectivity index (χ3v) is 9.50. The number of hydrogen-bond acceptors (Lipinski definition) is 6. The molecule has 3 aromatic carbocycles. The second-order valence-corrected chi connectivity index (χ2v) is 14.9. The number of amides is 1. The number of carbonyl (C=O) groups excluding carboxylic acids is 3. The van der Waals surface area contributed by atoms with E-state index in [1.165, 1.54) is 0 Å². The van der Waals surface area contributed by atoms with Crippen LogP contribution in [0.5, 0.6) is 11.5 Å². The number of Topliss-reactive ketones (excluding diaryl/α,β-unsaturated/α-hetero) is 2. The van der Waals surface area contributed by atoms with E-state index < -0.39 is 5.92 Å². The number of nitrogens with one attached hydrogen (secondary N) is 1. The summed E-state index contributed by atoms with van der Waals surface area (Å²) >= 11 is 0. The van der Waals surface area contributed by atoms with Crippen LogP contribution in [0.3, 0.4) is 0 Å². The average molecular weight is 647 g/mol. The van der Waals surface area contributed by atoms with Crippen molar-refractivity contribution in [3.05, 3.63) is 112 Å². The zero-order chi connectivity index (χ0) is 34.2. The first-order chi connectivity index (χ1) is 22.8. The minimum Gasteiger partial charge on any atom is -0.490 e. The van der Waals surface area contributed by atoms with Gasteiger partial charge in [0.2, 0.25) is 0 Å². The van der Waals surface area contributed by atoms with Crippen LogP contribution in [0.1, 0.15) is 82.9 Å². The fourth-order valence-corrected chi connectivity index (χ4v) is 7.41. The lowest BCUT2D eigenvalue weighted by molar-refractivity contribution is -0.120. The van der Waals surface area contributed by atoms with E-state index in [0.29, 0.717) is 54.3 Å². The molecule has 1 heterocycles. The van der Waals surface area contributed by atoms with Crippen LogP contribution in [-0.4, -0.2) is 35.6 Å². The van der Waals surface area contributed by atoms with Gasteiger partial charge in [-0.05, 0) is 72.9 Å². The van der Waals surface area contributed by atoms with Crippen molar-refractivity contribution in [3.63, 3.8) is 0 Å². The number of carbonyl (C=O) groups is 3. The van der Waals surface area contributed by atoms with Crippen molar-refractivity contribution in [2.45, 2.75) is 79.7 Å². The zero-order valence-corrected chi connectivity index (χ0v) is 28.9. The first-order valence-electron chi connectivity index (χ1n) is 16.9. The quantitative estimate of drug-likeness (QED) is 0.252. The van der Waals surface area contributed by atoms with Gasteiger partial charge in [-0.15, -0.1) is 0 Å². The highest BCUT2D eigenvalue weighted by atomic mass is 16.5. The molecule has 2 aliphatic carbocycles. The van der Waals surface area contributed by atoms with E-state index >= 15 is 0 Å². The van der Waals surface area contributed by atoms with Crippen molar-refractivity contribution < 1.29 is 23.9 Å². The Hall–Kier alpha value is -4.65. The van der Waals surface area contributed by atoms with E-state index in [1.54, 1.807) is 6.07 Å². The predicted octanol–water partition coefficient (Wildman–Crippen LogP) is 8.30. The molecule has 48 heavy (non-hydrogen) atoms. The van der Waals surface area contributed by atoms with Gasteiger partial charge in [0.1, 0.15) is 0 Å². The van der Waals surface area contributed by atoms with Gasteiger partial charge >= 0.3 is 0 Å². The largest absolute Gasteiger partial charge is 0.490 e. The lowest BCUT2D eigenvalue weighted by atomic mass is 9.63. The van der Waals surface area contributed by atoms with Gasteiger partial charge < -0.3 is 19.7 Å². The summed E-state index contributed by atoms with van der Waals surface area (Å²) in [4.78, 5) is 43.5. The highest BCUT2D eigenvalue weighted by Crippen LogP contribution is 2.55. The second kappa shape index (κ2) is 13.1. The van der Waals surface area contributed by atoms with E-state index in [1.807, 2.05) is 68.4 Å². The molecule has 0 spiro atoms. The van der Waals surface area contributed by atoms with E-state index in [4.69, 9.17) is 9.47 Å². The van der Waals surface area contributed by atoms with Crippen molar-refractivity contribution in [1.82, 2.24) is 4.90 Å². The minimum atomic E-state index is -0.507. The molecule has 0 fully saturated rings. The molecule has 3 aromatic rings. The summed E-state index contributed by atoms with van der Waals surface area (Å²) in [6.07, 6.45) is 2.30. The number of allylic oxidation sites excluding steroid dienone is 4. The smallest absolute Gasteiger partial charge is 0.262 e. The number of ketones is 2. The third-order valence-electron chi connectivity index (χ3n) is 9.50. The van der Waals surface area contributed by atoms with Gasteiger partial charge in [-0.2, -0.15) is 0 Å². The van der Waals surface area contributed by atoms with Crippen LogP contribution in [0.15, 0.2) is 95.3 Å². The minimum absolute atomic E-state index is 0.0829. The Bertz CT molecular complexity index is 1750. The molecule has 7 nitrogen and oxygen atoms in total. The van der Waals surface area contributed by atoms with Crippen LogP contribution < -0.4 is 14.8 Å². The van der Waals surface area contributed by atoms with E-state index in [9.17, 15) is 14.4 Å². The molecule has 250 valence electrons.